The molecule has 40 heavy (non-hydrogen) atoms. The average Bonchev–Trinajstić information content (AvgIpc) is 3.63. The summed E-state index contributed by atoms with van der Waals surface area (Å²) in [5.74, 6) is -0.374. The number of hydrogen-bond donors (Lipinski definition) is 1. The molecule has 3 aliphatic rings. The molecule has 2 fully saturated rings. The highest BCUT2D eigenvalue weighted by Gasteiger charge is 2.42. The molecule has 2 saturated heterocycles. The van der Waals surface area contributed by atoms with Crippen molar-refractivity contribution in [3.63, 3.8) is 0 Å². The lowest BCUT2D eigenvalue weighted by Crippen LogP contribution is -2.35. The number of carboxylic acids is 1. The topological polar surface area (TPSA) is 98.9 Å². The van der Waals surface area contributed by atoms with Gasteiger partial charge in [-0.1, -0.05) is 23.7 Å². The summed E-state index contributed by atoms with van der Waals surface area (Å²) in [6, 6.07) is 10.8. The fourth-order valence-corrected chi connectivity index (χ4v) is 6.69. The van der Waals surface area contributed by atoms with Crippen LogP contribution in [0.3, 0.4) is 0 Å². The fraction of sp³-hybridized carbons (Fsp3) is 0.414. The first kappa shape index (κ1) is 23.5. The van der Waals surface area contributed by atoms with Crippen LogP contribution in [0.25, 0.3) is 10.3 Å². The van der Waals surface area contributed by atoms with Crippen LogP contribution in [0, 0.1) is 0 Å². The monoisotopic (exact) mass is 582 g/mol. The maximum Gasteiger partial charge on any atom is 0.346 e. The zero-order chi connectivity index (χ0) is 29.0. The summed E-state index contributed by atoms with van der Waals surface area (Å²) in [7, 11) is 0. The van der Waals surface area contributed by atoms with Gasteiger partial charge in [-0.2, -0.15) is 0 Å². The molecule has 3 aromatic heterocycles. The van der Waals surface area contributed by atoms with Gasteiger partial charge in [-0.05, 0) is 62.5 Å². The summed E-state index contributed by atoms with van der Waals surface area (Å²) >= 11 is 7.23. The van der Waals surface area contributed by atoms with Crippen molar-refractivity contribution in [2.45, 2.75) is 57.0 Å². The molecular formula is C29H29ClN4O5S. The van der Waals surface area contributed by atoms with Crippen molar-refractivity contribution < 1.29 is 26.9 Å². The molecule has 3 aliphatic heterocycles. The van der Waals surface area contributed by atoms with Gasteiger partial charge in [-0.3, -0.25) is 9.88 Å². The van der Waals surface area contributed by atoms with Gasteiger partial charge in [0.2, 0.25) is 0 Å². The molecule has 6 heterocycles. The van der Waals surface area contributed by atoms with Gasteiger partial charge in [0.15, 0.2) is 11.5 Å². The van der Waals surface area contributed by atoms with Crippen LogP contribution in [0.1, 0.15) is 61.6 Å². The Morgan fingerprint density at radius 2 is 2.10 bits per heavy atom. The van der Waals surface area contributed by atoms with Crippen molar-refractivity contribution in [1.29, 1.82) is 0 Å². The highest BCUT2D eigenvalue weighted by molar-refractivity contribution is 7.20. The Hall–Kier alpha value is -3.18. The number of aromatic nitrogens is 3. The summed E-state index contributed by atoms with van der Waals surface area (Å²) in [6.45, 7) is 2.31. The minimum atomic E-state index is -1.67. The molecule has 2 atom stereocenters. The Kier molecular flexibility index (Phi) is 5.89. The number of ether oxygens (including phenoxy) is 3. The van der Waals surface area contributed by atoms with Gasteiger partial charge in [0.05, 0.1) is 29.7 Å². The molecule has 0 radical (unpaired) electrons. The summed E-state index contributed by atoms with van der Waals surface area (Å²) < 4.78 is 36.8. The highest BCUT2D eigenvalue weighted by Crippen LogP contribution is 2.49. The van der Waals surface area contributed by atoms with E-state index in [1.54, 1.807) is 24.3 Å². The summed E-state index contributed by atoms with van der Waals surface area (Å²) in [4.78, 5) is 24.1. The fourth-order valence-electron chi connectivity index (χ4n) is 5.69. The van der Waals surface area contributed by atoms with Crippen molar-refractivity contribution in [2.75, 3.05) is 19.7 Å². The molecular weight excluding hydrogens is 552 g/mol. The Bertz CT molecular complexity index is 1630. The standard InChI is InChI=1S/C29H29ClN4O5S/c1-29(24-6-5-18(30)14-31-24)38-22-4-2-3-20(26(22)39-29)17-7-10-33(11-8-17)16-25-32-27-21(13-23(40-27)28(35)36)34(25)15-19-9-12-37-19/h2-6,13-14,17,19H,7-12,15-16H2,1H3,(H,35,36)/t19-,29-/m0/s1/i1D2. The van der Waals surface area contributed by atoms with Gasteiger partial charge in [-0.25, -0.2) is 9.78 Å². The van der Waals surface area contributed by atoms with Gasteiger partial charge in [0.1, 0.15) is 21.2 Å². The number of nitrogens with zero attached hydrogens (tertiary/aromatic N) is 4. The second-order valence-electron chi connectivity index (χ2n) is 10.5. The maximum atomic E-state index is 11.5. The van der Waals surface area contributed by atoms with E-state index in [0.29, 0.717) is 40.2 Å². The van der Waals surface area contributed by atoms with E-state index in [1.807, 2.05) is 12.1 Å². The van der Waals surface area contributed by atoms with E-state index in [4.69, 9.17) is 33.5 Å². The first-order valence-corrected chi connectivity index (χ1v) is 14.5. The van der Waals surface area contributed by atoms with Crippen LogP contribution < -0.4 is 9.47 Å². The number of carboxylic acid groups (broad SMARTS) is 1. The normalized spacial score (nSPS) is 23.8. The van der Waals surface area contributed by atoms with Crippen molar-refractivity contribution in [3.8, 4) is 11.5 Å². The summed E-state index contributed by atoms with van der Waals surface area (Å²) in [6.07, 6.45) is 4.36. The van der Waals surface area contributed by atoms with Crippen LogP contribution in [0.15, 0.2) is 42.6 Å². The largest absolute Gasteiger partial charge is 0.477 e. The van der Waals surface area contributed by atoms with Crippen LogP contribution in [0.4, 0.5) is 0 Å². The lowest BCUT2D eigenvalue weighted by molar-refractivity contribution is -0.0722. The molecule has 11 heteroatoms. The third kappa shape index (κ3) is 4.62. The molecule has 1 aromatic carbocycles. The molecule has 0 spiro atoms. The third-order valence-electron chi connectivity index (χ3n) is 7.92. The Labute approximate surface area is 243 Å². The van der Waals surface area contributed by atoms with Crippen molar-refractivity contribution >= 4 is 39.3 Å². The molecule has 208 valence electrons. The summed E-state index contributed by atoms with van der Waals surface area (Å²) in [5, 5.41) is 9.91. The molecule has 0 amide bonds. The van der Waals surface area contributed by atoms with E-state index in [-0.39, 0.29) is 12.0 Å². The quantitative estimate of drug-likeness (QED) is 0.298. The molecule has 1 N–H and O–H groups in total. The number of thiophene rings is 1. The number of piperidine rings is 1. The van der Waals surface area contributed by atoms with Gasteiger partial charge in [0, 0.05) is 28.0 Å². The number of benzene rings is 1. The van der Waals surface area contributed by atoms with Crippen LogP contribution in [0.2, 0.25) is 5.02 Å². The van der Waals surface area contributed by atoms with Crippen molar-refractivity contribution in [3.05, 3.63) is 69.6 Å². The number of fused-ring (bicyclic) bond motifs is 2. The Morgan fingerprint density at radius 1 is 1.25 bits per heavy atom. The third-order valence-corrected chi connectivity index (χ3v) is 9.15. The average molecular weight is 583 g/mol. The molecule has 4 aromatic rings. The van der Waals surface area contributed by atoms with Crippen LogP contribution >= 0.6 is 22.9 Å². The molecule has 9 nitrogen and oxygen atoms in total. The minimum Gasteiger partial charge on any atom is -0.477 e. The van der Waals surface area contributed by atoms with Gasteiger partial charge < -0.3 is 23.9 Å². The Balaban J connectivity index is 1.08. The van der Waals surface area contributed by atoms with Crippen LogP contribution in [-0.2, 0) is 23.6 Å². The molecule has 0 aliphatic carbocycles. The minimum absolute atomic E-state index is 0.129. The lowest BCUT2D eigenvalue weighted by atomic mass is 9.88. The molecule has 0 saturated carbocycles. The second kappa shape index (κ2) is 10.0. The summed E-state index contributed by atoms with van der Waals surface area (Å²) in [5.41, 5.74) is 2.20. The smallest absolute Gasteiger partial charge is 0.346 e. The second-order valence-corrected chi connectivity index (χ2v) is 12.0. The molecule has 7 rings (SSSR count). The van der Waals surface area contributed by atoms with Crippen LogP contribution in [0.5, 0.6) is 11.5 Å². The number of aromatic carboxylic acids is 1. The first-order chi connectivity index (χ1) is 20.3. The predicted molar refractivity (Wildman–Crippen MR) is 150 cm³/mol. The van der Waals surface area contributed by atoms with E-state index in [2.05, 4.69) is 14.5 Å². The number of carbonyl (C=O) groups is 1. The number of hydrogen-bond acceptors (Lipinski definition) is 8. The van der Waals surface area contributed by atoms with Gasteiger partial charge >= 0.3 is 5.97 Å². The Morgan fingerprint density at radius 3 is 2.80 bits per heavy atom. The van der Waals surface area contributed by atoms with Gasteiger partial charge in [0.25, 0.3) is 5.79 Å². The van der Waals surface area contributed by atoms with E-state index in [1.165, 1.54) is 17.5 Å². The van der Waals surface area contributed by atoms with E-state index < -0.39 is 18.6 Å². The van der Waals surface area contributed by atoms with Gasteiger partial charge in [-0.15, -0.1) is 11.3 Å². The SMILES string of the molecule is [2H]C([2H])[C@]1(c2ccc(Cl)cn2)Oc2cccc(C3CCN(Cc4nc5sc(C(=O)O)cc5n4C[C@@H]4CCO4)CC3)c2O1. The number of imidazole rings is 1. The predicted octanol–water partition coefficient (Wildman–Crippen LogP) is 5.66. The lowest BCUT2D eigenvalue weighted by Gasteiger charge is -2.33. The number of pyridine rings is 1. The number of rotatable bonds is 7. The molecule has 0 unspecified atom stereocenters. The zero-order valence-electron chi connectivity index (χ0n) is 23.6. The van der Waals surface area contributed by atoms with Crippen molar-refractivity contribution in [2.24, 2.45) is 0 Å². The maximum absolute atomic E-state index is 11.5. The molecule has 0 bridgehead atoms. The number of halogens is 1. The van der Waals surface area contributed by atoms with E-state index >= 15 is 0 Å². The highest BCUT2D eigenvalue weighted by atomic mass is 35.5. The zero-order valence-corrected chi connectivity index (χ0v) is 23.2. The van der Waals surface area contributed by atoms with E-state index in [0.717, 1.165) is 60.7 Å². The number of para-hydroxylation sites is 1. The number of likely N-dealkylation sites (tertiary alicyclic amines) is 1. The van der Waals surface area contributed by atoms with E-state index in [9.17, 15) is 9.90 Å². The van der Waals surface area contributed by atoms with Crippen LogP contribution in [-0.4, -0.2) is 56.3 Å². The van der Waals surface area contributed by atoms with Crippen molar-refractivity contribution in [1.82, 2.24) is 19.4 Å². The first-order valence-electron chi connectivity index (χ1n) is 14.5.